The number of nitrogens with two attached hydrogens (primary N) is 1. The van der Waals surface area contributed by atoms with Gasteiger partial charge in [0, 0.05) is 0 Å². The quantitative estimate of drug-likeness (QED) is 0.382. The van der Waals surface area contributed by atoms with E-state index in [-0.39, 0.29) is 18.4 Å². The van der Waals surface area contributed by atoms with Gasteiger partial charge in [-0.1, -0.05) is 54.6 Å². The van der Waals surface area contributed by atoms with E-state index in [0.717, 1.165) is 0 Å². The predicted octanol–water partition coefficient (Wildman–Crippen LogP) is 6.12. The van der Waals surface area contributed by atoms with Crippen LogP contribution in [0, 0.1) is 0 Å². The smallest absolute Gasteiger partial charge is 0.0566 e. The van der Waals surface area contributed by atoms with Crippen molar-refractivity contribution >= 4 is 56.1 Å². The molecule has 2 N–H and O–H groups in total. The summed E-state index contributed by atoms with van der Waals surface area (Å²) in [5.74, 6) is 0. The first-order chi connectivity index (χ1) is 11.3. The van der Waals surface area contributed by atoms with Crippen molar-refractivity contribution in [2.24, 2.45) is 5.73 Å². The minimum absolute atomic E-state index is 0. The van der Waals surface area contributed by atoms with Gasteiger partial charge in [0.15, 0.2) is 0 Å². The van der Waals surface area contributed by atoms with Crippen LogP contribution in [-0.2, 0) is 0 Å². The molecule has 0 fully saturated rings. The van der Waals surface area contributed by atoms with Crippen LogP contribution in [0.5, 0.6) is 0 Å². The standard InChI is InChI=1S/C21H15NS.ClH/c22-21(16-10-11-23-12-16)18-9-7-15-5-4-13-2-1-3-14-6-8-17(18)20(15)19(13)14;/h1-12,21H,22H2;1H/t21-;/m1./s1. The first-order valence-electron chi connectivity index (χ1n) is 7.77. The Kier molecular flexibility index (Phi) is 3.69. The third-order valence-corrected chi connectivity index (χ3v) is 5.50. The molecule has 24 heavy (non-hydrogen) atoms. The SMILES string of the molecule is Cl.N[C@H](c1ccsc1)c1ccc2ccc3cccc4ccc1c2c34. The van der Waals surface area contributed by atoms with Crippen molar-refractivity contribution in [2.75, 3.05) is 0 Å². The molecule has 0 bridgehead atoms. The molecule has 4 aromatic carbocycles. The van der Waals surface area contributed by atoms with Crippen LogP contribution in [0.3, 0.4) is 0 Å². The van der Waals surface area contributed by atoms with Gasteiger partial charge in [-0.05, 0) is 60.3 Å². The van der Waals surface area contributed by atoms with Crippen molar-refractivity contribution in [2.45, 2.75) is 6.04 Å². The summed E-state index contributed by atoms with van der Waals surface area (Å²) in [4.78, 5) is 0. The van der Waals surface area contributed by atoms with E-state index in [1.54, 1.807) is 11.3 Å². The van der Waals surface area contributed by atoms with Crippen LogP contribution in [0.25, 0.3) is 32.3 Å². The van der Waals surface area contributed by atoms with Gasteiger partial charge in [-0.3, -0.25) is 0 Å². The zero-order chi connectivity index (χ0) is 15.4. The zero-order valence-electron chi connectivity index (χ0n) is 12.9. The molecule has 1 nitrogen and oxygen atoms in total. The first-order valence-corrected chi connectivity index (χ1v) is 8.71. The van der Waals surface area contributed by atoms with Gasteiger partial charge in [0.05, 0.1) is 6.04 Å². The summed E-state index contributed by atoms with van der Waals surface area (Å²) in [5, 5.41) is 12.1. The Hall–Kier alpha value is -2.13. The monoisotopic (exact) mass is 349 g/mol. The van der Waals surface area contributed by atoms with Gasteiger partial charge in [0.25, 0.3) is 0 Å². The van der Waals surface area contributed by atoms with E-state index in [9.17, 15) is 0 Å². The molecule has 5 rings (SSSR count). The molecule has 1 aromatic heterocycles. The molecule has 0 aliphatic rings. The number of halogens is 1. The summed E-state index contributed by atoms with van der Waals surface area (Å²) in [6.45, 7) is 0. The second-order valence-electron chi connectivity index (χ2n) is 6.05. The largest absolute Gasteiger partial charge is 0.320 e. The maximum absolute atomic E-state index is 6.57. The number of hydrogen-bond acceptors (Lipinski definition) is 2. The molecule has 0 saturated carbocycles. The lowest BCUT2D eigenvalue weighted by molar-refractivity contribution is 0.887. The maximum atomic E-state index is 6.57. The molecule has 118 valence electrons. The summed E-state index contributed by atoms with van der Waals surface area (Å²) in [5.41, 5.74) is 8.95. The lowest BCUT2D eigenvalue weighted by Crippen LogP contribution is -2.11. The third-order valence-electron chi connectivity index (χ3n) is 4.80. The summed E-state index contributed by atoms with van der Waals surface area (Å²) >= 11 is 1.70. The van der Waals surface area contributed by atoms with E-state index < -0.39 is 0 Å². The highest BCUT2D eigenvalue weighted by atomic mass is 35.5. The van der Waals surface area contributed by atoms with Crippen LogP contribution >= 0.6 is 23.7 Å². The maximum Gasteiger partial charge on any atom is 0.0566 e. The van der Waals surface area contributed by atoms with Gasteiger partial charge in [-0.25, -0.2) is 0 Å². The molecule has 0 aliphatic carbocycles. The van der Waals surface area contributed by atoms with Crippen molar-refractivity contribution in [3.05, 3.63) is 82.6 Å². The fourth-order valence-corrected chi connectivity index (χ4v) is 4.36. The van der Waals surface area contributed by atoms with Crippen LogP contribution in [0.1, 0.15) is 17.2 Å². The van der Waals surface area contributed by atoms with Crippen LogP contribution in [0.2, 0.25) is 0 Å². The Balaban J connectivity index is 0.00000146. The number of rotatable bonds is 2. The highest BCUT2D eigenvalue weighted by Gasteiger charge is 2.16. The van der Waals surface area contributed by atoms with Gasteiger partial charge in [0.2, 0.25) is 0 Å². The molecule has 0 unspecified atom stereocenters. The lowest BCUT2D eigenvalue weighted by atomic mass is 9.89. The van der Waals surface area contributed by atoms with E-state index in [1.807, 2.05) is 0 Å². The molecule has 0 saturated heterocycles. The van der Waals surface area contributed by atoms with Crippen molar-refractivity contribution in [3.8, 4) is 0 Å². The second-order valence-corrected chi connectivity index (χ2v) is 6.83. The molecular formula is C21H16ClNS. The highest BCUT2D eigenvalue weighted by molar-refractivity contribution is 7.08. The molecule has 1 atom stereocenters. The Morgan fingerprint density at radius 1 is 0.750 bits per heavy atom. The van der Waals surface area contributed by atoms with E-state index in [2.05, 4.69) is 71.4 Å². The Bertz CT molecular complexity index is 1120. The molecule has 1 heterocycles. The Labute approximate surface area is 150 Å². The summed E-state index contributed by atoms with van der Waals surface area (Å²) in [6, 6.07) is 21.8. The van der Waals surface area contributed by atoms with Crippen LogP contribution in [0.15, 0.2) is 71.4 Å². The highest BCUT2D eigenvalue weighted by Crippen LogP contribution is 2.38. The molecule has 0 spiro atoms. The molecule has 5 aromatic rings. The van der Waals surface area contributed by atoms with Crippen molar-refractivity contribution in [1.29, 1.82) is 0 Å². The summed E-state index contributed by atoms with van der Waals surface area (Å²) < 4.78 is 0. The third kappa shape index (κ3) is 2.11. The van der Waals surface area contributed by atoms with Gasteiger partial charge in [-0.2, -0.15) is 11.3 Å². The molecular weight excluding hydrogens is 334 g/mol. The number of hydrogen-bond donors (Lipinski definition) is 1. The predicted molar refractivity (Wildman–Crippen MR) is 108 cm³/mol. The fourth-order valence-electron chi connectivity index (χ4n) is 3.66. The van der Waals surface area contributed by atoms with E-state index in [0.29, 0.717) is 0 Å². The Morgan fingerprint density at radius 2 is 1.42 bits per heavy atom. The van der Waals surface area contributed by atoms with Crippen LogP contribution in [-0.4, -0.2) is 0 Å². The first kappa shape index (κ1) is 15.4. The minimum atomic E-state index is -0.0779. The minimum Gasteiger partial charge on any atom is -0.320 e. The van der Waals surface area contributed by atoms with Gasteiger partial charge in [-0.15, -0.1) is 12.4 Å². The second kappa shape index (κ2) is 5.75. The van der Waals surface area contributed by atoms with E-state index in [4.69, 9.17) is 5.73 Å². The lowest BCUT2D eigenvalue weighted by Gasteiger charge is -2.17. The topological polar surface area (TPSA) is 26.0 Å². The Morgan fingerprint density at radius 3 is 2.12 bits per heavy atom. The molecule has 3 heteroatoms. The van der Waals surface area contributed by atoms with Crippen molar-refractivity contribution in [1.82, 2.24) is 0 Å². The van der Waals surface area contributed by atoms with Gasteiger partial charge < -0.3 is 5.73 Å². The summed E-state index contributed by atoms with van der Waals surface area (Å²) in [7, 11) is 0. The molecule has 0 amide bonds. The van der Waals surface area contributed by atoms with E-state index in [1.165, 1.54) is 43.4 Å². The number of thiophene rings is 1. The van der Waals surface area contributed by atoms with Gasteiger partial charge in [0.1, 0.15) is 0 Å². The molecule has 0 aliphatic heterocycles. The fraction of sp³-hybridized carbons (Fsp3) is 0.0476. The number of benzene rings is 4. The van der Waals surface area contributed by atoms with Crippen molar-refractivity contribution in [3.63, 3.8) is 0 Å². The average Bonchev–Trinajstić information content (AvgIpc) is 3.13. The van der Waals surface area contributed by atoms with Crippen LogP contribution < -0.4 is 5.73 Å². The summed E-state index contributed by atoms with van der Waals surface area (Å²) in [6.07, 6.45) is 0. The van der Waals surface area contributed by atoms with Gasteiger partial charge >= 0.3 is 0 Å². The zero-order valence-corrected chi connectivity index (χ0v) is 14.5. The normalized spacial score (nSPS) is 12.7. The van der Waals surface area contributed by atoms with Crippen molar-refractivity contribution < 1.29 is 0 Å². The molecule has 0 radical (unpaired) electrons. The average molecular weight is 350 g/mol. The van der Waals surface area contributed by atoms with E-state index >= 15 is 0 Å². The van der Waals surface area contributed by atoms with Crippen LogP contribution in [0.4, 0.5) is 0 Å².